The predicted molar refractivity (Wildman–Crippen MR) is 135 cm³/mol. The van der Waals surface area contributed by atoms with E-state index in [1.807, 2.05) is 44.3 Å². The minimum Gasteiger partial charge on any atom is -0.492 e. The maximum absolute atomic E-state index is 11.9. The van der Waals surface area contributed by atoms with Crippen LogP contribution in [0.3, 0.4) is 0 Å². The van der Waals surface area contributed by atoms with Crippen molar-refractivity contribution in [3.63, 3.8) is 0 Å². The van der Waals surface area contributed by atoms with E-state index in [0.29, 0.717) is 6.61 Å². The van der Waals surface area contributed by atoms with Gasteiger partial charge in [0.1, 0.15) is 17.9 Å². The molecule has 1 aliphatic rings. The molecule has 5 rings (SSSR count). The van der Waals surface area contributed by atoms with Gasteiger partial charge in [-0.15, -0.1) is 5.10 Å². The fraction of sp³-hybridized carbons (Fsp3) is 0.321. The number of carboxylic acid groups (broad SMARTS) is 1. The summed E-state index contributed by atoms with van der Waals surface area (Å²) in [5.41, 5.74) is 8.31. The number of para-hydroxylation sites is 1. The van der Waals surface area contributed by atoms with Gasteiger partial charge in [-0.2, -0.15) is 0 Å². The summed E-state index contributed by atoms with van der Waals surface area (Å²) in [6, 6.07) is 18.6. The Kier molecular flexibility index (Phi) is 6.26. The molecule has 2 heterocycles. The SMILES string of the molecule is Cc1ccc(C(CC(=O)O)c2ccc3c(nnn3C)c2C)cc1CN1CCOc2ccccc2C1. The van der Waals surface area contributed by atoms with Gasteiger partial charge in [0.15, 0.2) is 0 Å². The topological polar surface area (TPSA) is 80.5 Å². The van der Waals surface area contributed by atoms with Crippen molar-refractivity contribution in [2.24, 2.45) is 7.05 Å². The minimum absolute atomic E-state index is 0.0139. The van der Waals surface area contributed by atoms with E-state index in [2.05, 4.69) is 46.4 Å². The molecule has 1 aromatic heterocycles. The van der Waals surface area contributed by atoms with Gasteiger partial charge in [0.05, 0.1) is 11.9 Å². The van der Waals surface area contributed by atoms with E-state index in [9.17, 15) is 9.90 Å². The molecule has 0 saturated carbocycles. The third-order valence-corrected chi connectivity index (χ3v) is 7.03. The highest BCUT2D eigenvalue weighted by atomic mass is 16.5. The number of benzene rings is 3. The molecule has 7 heteroatoms. The summed E-state index contributed by atoms with van der Waals surface area (Å²) in [4.78, 5) is 14.3. The normalized spacial score (nSPS) is 14.8. The van der Waals surface area contributed by atoms with Gasteiger partial charge in [-0.3, -0.25) is 9.69 Å². The molecule has 0 saturated heterocycles. The summed E-state index contributed by atoms with van der Waals surface area (Å²) in [5, 5.41) is 18.2. The van der Waals surface area contributed by atoms with Crippen LogP contribution in [0.15, 0.2) is 54.6 Å². The lowest BCUT2D eigenvalue weighted by Crippen LogP contribution is -2.25. The third kappa shape index (κ3) is 4.64. The van der Waals surface area contributed by atoms with E-state index in [4.69, 9.17) is 4.74 Å². The van der Waals surface area contributed by atoms with Gasteiger partial charge >= 0.3 is 5.97 Å². The van der Waals surface area contributed by atoms with Crippen molar-refractivity contribution >= 4 is 17.0 Å². The highest BCUT2D eigenvalue weighted by Crippen LogP contribution is 2.34. The first kappa shape index (κ1) is 23.1. The van der Waals surface area contributed by atoms with Crippen molar-refractivity contribution in [3.8, 4) is 5.75 Å². The monoisotopic (exact) mass is 470 g/mol. The second-order valence-corrected chi connectivity index (χ2v) is 9.36. The van der Waals surface area contributed by atoms with Crippen molar-refractivity contribution in [1.29, 1.82) is 0 Å². The average Bonchev–Trinajstić information content (AvgIpc) is 3.09. The van der Waals surface area contributed by atoms with E-state index in [1.54, 1.807) is 4.68 Å². The van der Waals surface area contributed by atoms with E-state index in [-0.39, 0.29) is 12.3 Å². The van der Waals surface area contributed by atoms with Crippen molar-refractivity contribution in [1.82, 2.24) is 19.9 Å². The van der Waals surface area contributed by atoms with Crippen LogP contribution in [0.2, 0.25) is 0 Å². The second kappa shape index (κ2) is 9.50. The largest absolute Gasteiger partial charge is 0.492 e. The highest BCUT2D eigenvalue weighted by molar-refractivity contribution is 5.80. The molecule has 0 aliphatic carbocycles. The predicted octanol–water partition coefficient (Wildman–Crippen LogP) is 4.59. The van der Waals surface area contributed by atoms with Crippen molar-refractivity contribution < 1.29 is 14.6 Å². The Balaban J connectivity index is 1.49. The molecule has 0 spiro atoms. The Bertz CT molecular complexity index is 1390. The molecule has 4 aromatic rings. The van der Waals surface area contributed by atoms with E-state index in [1.165, 1.54) is 16.7 Å². The third-order valence-electron chi connectivity index (χ3n) is 7.03. The van der Waals surface area contributed by atoms with E-state index < -0.39 is 5.97 Å². The van der Waals surface area contributed by atoms with Gasteiger partial charge < -0.3 is 9.84 Å². The first-order valence-electron chi connectivity index (χ1n) is 11.9. The Morgan fingerprint density at radius 2 is 1.97 bits per heavy atom. The molecule has 1 atom stereocenters. The lowest BCUT2D eigenvalue weighted by atomic mass is 9.84. The van der Waals surface area contributed by atoms with Crippen LogP contribution in [-0.2, 0) is 24.9 Å². The zero-order valence-corrected chi connectivity index (χ0v) is 20.4. The van der Waals surface area contributed by atoms with Crippen LogP contribution in [0, 0.1) is 13.8 Å². The molecule has 1 unspecified atom stereocenters. The van der Waals surface area contributed by atoms with Gasteiger partial charge in [-0.25, -0.2) is 4.68 Å². The number of aromatic nitrogens is 3. The summed E-state index contributed by atoms with van der Waals surface area (Å²) >= 11 is 0. The van der Waals surface area contributed by atoms with Crippen molar-refractivity contribution in [2.75, 3.05) is 13.2 Å². The maximum Gasteiger partial charge on any atom is 0.304 e. The van der Waals surface area contributed by atoms with E-state index >= 15 is 0 Å². The fourth-order valence-corrected chi connectivity index (χ4v) is 5.04. The highest BCUT2D eigenvalue weighted by Gasteiger charge is 2.23. The fourth-order valence-electron chi connectivity index (χ4n) is 5.04. The second-order valence-electron chi connectivity index (χ2n) is 9.36. The van der Waals surface area contributed by atoms with Crippen LogP contribution >= 0.6 is 0 Å². The average molecular weight is 471 g/mol. The molecule has 0 amide bonds. The Hall–Kier alpha value is -3.71. The number of nitrogens with zero attached hydrogens (tertiary/aromatic N) is 4. The molecular formula is C28H30N4O3. The molecule has 1 N–H and O–H groups in total. The van der Waals surface area contributed by atoms with E-state index in [0.717, 1.165) is 53.1 Å². The standard InChI is InChI=1S/C28H30N4O3/c1-18-8-9-20(14-22(18)17-32-12-13-35-26-7-5-4-6-21(26)16-32)24(15-27(33)34)23-10-11-25-28(19(23)2)29-30-31(25)3/h4-11,14,24H,12-13,15-17H2,1-3H3,(H,33,34). The number of fused-ring (bicyclic) bond motifs is 2. The maximum atomic E-state index is 11.9. The number of ether oxygens (including phenoxy) is 1. The van der Waals surface area contributed by atoms with Crippen LogP contribution in [0.5, 0.6) is 5.75 Å². The van der Waals surface area contributed by atoms with Crippen LogP contribution in [0.25, 0.3) is 11.0 Å². The van der Waals surface area contributed by atoms with Gasteiger partial charge in [0.2, 0.25) is 0 Å². The molecule has 3 aromatic carbocycles. The lowest BCUT2D eigenvalue weighted by molar-refractivity contribution is -0.137. The molecule has 0 radical (unpaired) electrons. The molecule has 35 heavy (non-hydrogen) atoms. The Morgan fingerprint density at radius 1 is 1.14 bits per heavy atom. The molecule has 180 valence electrons. The molecule has 1 aliphatic heterocycles. The van der Waals surface area contributed by atoms with Gasteiger partial charge in [-0.05, 0) is 53.8 Å². The van der Waals surface area contributed by atoms with Gasteiger partial charge in [-0.1, -0.05) is 47.7 Å². The number of aliphatic carboxylic acids is 1. The minimum atomic E-state index is -0.822. The zero-order chi connectivity index (χ0) is 24.5. The molecular weight excluding hydrogens is 440 g/mol. The smallest absolute Gasteiger partial charge is 0.304 e. The molecule has 0 bridgehead atoms. The first-order chi connectivity index (χ1) is 16.9. The molecule has 7 nitrogen and oxygen atoms in total. The van der Waals surface area contributed by atoms with Crippen LogP contribution in [-0.4, -0.2) is 44.1 Å². The zero-order valence-electron chi connectivity index (χ0n) is 20.4. The van der Waals surface area contributed by atoms with Crippen molar-refractivity contribution in [3.05, 3.63) is 88.0 Å². The summed E-state index contributed by atoms with van der Waals surface area (Å²) in [6.45, 7) is 7.20. The number of carbonyl (C=O) groups is 1. The van der Waals surface area contributed by atoms with Crippen molar-refractivity contribution in [2.45, 2.75) is 39.3 Å². The van der Waals surface area contributed by atoms with Crippen LogP contribution in [0.1, 0.15) is 45.7 Å². The number of hydrogen-bond donors (Lipinski definition) is 1. The Morgan fingerprint density at radius 3 is 2.80 bits per heavy atom. The van der Waals surface area contributed by atoms with Gasteiger partial charge in [0.25, 0.3) is 0 Å². The quantitative estimate of drug-likeness (QED) is 0.444. The van der Waals surface area contributed by atoms with Crippen LogP contribution in [0.4, 0.5) is 0 Å². The number of hydrogen-bond acceptors (Lipinski definition) is 5. The van der Waals surface area contributed by atoms with Crippen LogP contribution < -0.4 is 4.74 Å². The lowest BCUT2D eigenvalue weighted by Gasteiger charge is -2.23. The summed E-state index contributed by atoms with van der Waals surface area (Å²) in [5.74, 6) is -0.139. The van der Waals surface area contributed by atoms with Gasteiger partial charge in [0, 0.05) is 38.2 Å². The number of rotatable bonds is 6. The summed E-state index contributed by atoms with van der Waals surface area (Å²) < 4.78 is 7.68. The number of carboxylic acids is 1. The Labute approximate surface area is 204 Å². The first-order valence-corrected chi connectivity index (χ1v) is 11.9. The molecule has 0 fully saturated rings. The number of aryl methyl sites for hydroxylation is 3. The summed E-state index contributed by atoms with van der Waals surface area (Å²) in [7, 11) is 1.86. The summed E-state index contributed by atoms with van der Waals surface area (Å²) in [6.07, 6.45) is 0.0139.